The molecule has 10 heteroatoms. The van der Waals surface area contributed by atoms with Crippen molar-refractivity contribution in [3.63, 3.8) is 0 Å². The zero-order valence-electron chi connectivity index (χ0n) is 15.6. The van der Waals surface area contributed by atoms with Crippen molar-refractivity contribution in [2.24, 2.45) is 0 Å². The molecule has 0 unspecified atom stereocenters. The van der Waals surface area contributed by atoms with Crippen LogP contribution in [-0.4, -0.2) is 34.2 Å². The van der Waals surface area contributed by atoms with Crippen LogP contribution >= 0.6 is 0 Å². The van der Waals surface area contributed by atoms with E-state index in [-0.39, 0.29) is 10.6 Å². The lowest BCUT2D eigenvalue weighted by Crippen LogP contribution is -2.33. The summed E-state index contributed by atoms with van der Waals surface area (Å²) in [5, 5.41) is 2.54. The number of nitrogens with one attached hydrogen (secondary N) is 2. The van der Waals surface area contributed by atoms with Gasteiger partial charge in [0.25, 0.3) is 0 Å². The number of methoxy groups -OCH3 is 1. The van der Waals surface area contributed by atoms with Crippen LogP contribution in [0.4, 0.5) is 18.9 Å². The van der Waals surface area contributed by atoms with E-state index < -0.39 is 28.7 Å². The molecule has 0 atom stereocenters. The third-order valence-electron chi connectivity index (χ3n) is 3.69. The highest BCUT2D eigenvalue weighted by molar-refractivity contribution is 7.89. The molecule has 0 radical (unpaired) electrons. The molecule has 2 rings (SSSR count). The van der Waals surface area contributed by atoms with Crippen molar-refractivity contribution in [2.45, 2.75) is 18.0 Å². The number of alkyl halides is 3. The molecule has 0 fully saturated rings. The van der Waals surface area contributed by atoms with Gasteiger partial charge in [0.2, 0.25) is 15.9 Å². The number of carbonyl (C=O) groups excluding carboxylic acids is 1. The Morgan fingerprint density at radius 3 is 2.38 bits per heavy atom. The van der Waals surface area contributed by atoms with E-state index in [1.807, 2.05) is 19.1 Å². The van der Waals surface area contributed by atoms with Crippen LogP contribution < -0.4 is 14.8 Å². The van der Waals surface area contributed by atoms with Crippen LogP contribution in [0.15, 0.2) is 53.4 Å². The van der Waals surface area contributed by atoms with Crippen LogP contribution in [0.2, 0.25) is 0 Å². The SMILES string of the molecule is COc1ccc(C)cc1/C=C/C(=O)Nc1ccc(S(=O)(=O)NCC(F)(F)F)cc1. The Morgan fingerprint density at radius 1 is 1.14 bits per heavy atom. The smallest absolute Gasteiger partial charge is 0.402 e. The summed E-state index contributed by atoms with van der Waals surface area (Å²) in [6.45, 7) is 0.233. The molecular formula is C19H19F3N2O4S. The lowest BCUT2D eigenvalue weighted by atomic mass is 10.1. The molecular weight excluding hydrogens is 409 g/mol. The third-order valence-corrected chi connectivity index (χ3v) is 5.11. The molecule has 2 aromatic rings. The van der Waals surface area contributed by atoms with Gasteiger partial charge in [-0.25, -0.2) is 13.1 Å². The number of amides is 1. The van der Waals surface area contributed by atoms with Crippen molar-refractivity contribution in [3.05, 3.63) is 59.7 Å². The number of sulfonamides is 1. The lowest BCUT2D eigenvalue weighted by Gasteiger charge is -2.10. The normalized spacial score (nSPS) is 12.2. The fourth-order valence-electron chi connectivity index (χ4n) is 2.31. The van der Waals surface area contributed by atoms with Crippen molar-refractivity contribution >= 4 is 27.7 Å². The van der Waals surface area contributed by atoms with Crippen LogP contribution in [-0.2, 0) is 14.8 Å². The maximum Gasteiger partial charge on any atom is 0.402 e. The highest BCUT2D eigenvalue weighted by Gasteiger charge is 2.30. The van der Waals surface area contributed by atoms with Gasteiger partial charge in [-0.15, -0.1) is 0 Å². The summed E-state index contributed by atoms with van der Waals surface area (Å²) in [6.07, 6.45) is -1.80. The first-order valence-corrected chi connectivity index (χ1v) is 9.79. The predicted molar refractivity (Wildman–Crippen MR) is 103 cm³/mol. The molecule has 0 heterocycles. The van der Waals surface area contributed by atoms with Crippen LogP contribution in [0.1, 0.15) is 11.1 Å². The van der Waals surface area contributed by atoms with Crippen LogP contribution in [0.3, 0.4) is 0 Å². The summed E-state index contributed by atoms with van der Waals surface area (Å²) in [7, 11) is -2.79. The molecule has 0 saturated carbocycles. The van der Waals surface area contributed by atoms with Gasteiger partial charge < -0.3 is 10.1 Å². The first-order chi connectivity index (χ1) is 13.5. The Morgan fingerprint density at radius 2 is 1.79 bits per heavy atom. The molecule has 0 aliphatic rings. The Kier molecular flexibility index (Phi) is 7.04. The standard InChI is InChI=1S/C19H19F3N2O4S/c1-13-3-9-17(28-2)14(11-13)4-10-18(25)24-15-5-7-16(8-6-15)29(26,27)23-12-19(20,21)22/h3-11,23H,12H2,1-2H3,(H,24,25)/b10-4+. The van der Waals surface area contributed by atoms with E-state index in [0.717, 1.165) is 17.7 Å². The highest BCUT2D eigenvalue weighted by Crippen LogP contribution is 2.21. The van der Waals surface area contributed by atoms with E-state index in [9.17, 15) is 26.4 Å². The molecule has 156 valence electrons. The minimum atomic E-state index is -4.66. The van der Waals surface area contributed by atoms with Crippen molar-refractivity contribution < 1.29 is 31.1 Å². The number of hydrogen-bond donors (Lipinski definition) is 2. The lowest BCUT2D eigenvalue weighted by molar-refractivity contribution is -0.121. The summed E-state index contributed by atoms with van der Waals surface area (Å²) in [5.74, 6) is 0.125. The topological polar surface area (TPSA) is 84.5 Å². The van der Waals surface area contributed by atoms with Crippen molar-refractivity contribution in [1.29, 1.82) is 0 Å². The second-order valence-corrected chi connectivity index (χ2v) is 7.80. The molecule has 0 aliphatic heterocycles. The molecule has 29 heavy (non-hydrogen) atoms. The number of rotatable bonds is 7. The van der Waals surface area contributed by atoms with Crippen molar-refractivity contribution in [2.75, 3.05) is 19.0 Å². The Balaban J connectivity index is 2.04. The maximum atomic E-state index is 12.2. The first-order valence-electron chi connectivity index (χ1n) is 8.30. The largest absolute Gasteiger partial charge is 0.496 e. The van der Waals surface area contributed by atoms with Gasteiger partial charge in [0.15, 0.2) is 0 Å². The van der Waals surface area contributed by atoms with Crippen LogP contribution in [0, 0.1) is 6.92 Å². The van der Waals surface area contributed by atoms with Gasteiger partial charge >= 0.3 is 6.18 Å². The monoisotopic (exact) mass is 428 g/mol. The average Bonchev–Trinajstić information content (AvgIpc) is 2.65. The Labute approximate surface area is 166 Å². The van der Waals surface area contributed by atoms with Gasteiger partial charge in [0.05, 0.1) is 12.0 Å². The van der Waals surface area contributed by atoms with Gasteiger partial charge in [-0.1, -0.05) is 11.6 Å². The molecule has 0 aromatic heterocycles. The average molecular weight is 428 g/mol. The van der Waals surface area contributed by atoms with E-state index in [0.29, 0.717) is 11.3 Å². The number of anilines is 1. The van der Waals surface area contributed by atoms with Gasteiger partial charge in [0.1, 0.15) is 12.3 Å². The summed E-state index contributed by atoms with van der Waals surface area (Å²) in [5.41, 5.74) is 1.98. The minimum absolute atomic E-state index is 0.283. The highest BCUT2D eigenvalue weighted by atomic mass is 32.2. The molecule has 0 aliphatic carbocycles. The van der Waals surface area contributed by atoms with E-state index in [4.69, 9.17) is 4.74 Å². The predicted octanol–water partition coefficient (Wildman–Crippen LogP) is 3.50. The van der Waals surface area contributed by atoms with Gasteiger partial charge in [-0.2, -0.15) is 13.2 Å². The number of benzene rings is 2. The molecule has 0 spiro atoms. The molecule has 6 nitrogen and oxygen atoms in total. The number of aryl methyl sites for hydroxylation is 1. The van der Waals surface area contributed by atoms with Gasteiger partial charge in [-0.05, 0) is 49.4 Å². The molecule has 0 saturated heterocycles. The number of carbonyl (C=O) groups is 1. The van der Waals surface area contributed by atoms with Crippen molar-refractivity contribution in [1.82, 2.24) is 4.72 Å². The summed E-state index contributed by atoms with van der Waals surface area (Å²) >= 11 is 0. The second kappa shape index (κ2) is 9.10. The van der Waals surface area contributed by atoms with E-state index in [2.05, 4.69) is 5.32 Å². The molecule has 0 bridgehead atoms. The Hall–Kier alpha value is -2.85. The second-order valence-electron chi connectivity index (χ2n) is 6.03. The number of hydrogen-bond acceptors (Lipinski definition) is 4. The summed E-state index contributed by atoms with van der Waals surface area (Å²) in [6, 6.07) is 10.2. The third kappa shape index (κ3) is 6.91. The fourth-order valence-corrected chi connectivity index (χ4v) is 3.33. The zero-order chi connectivity index (χ0) is 21.7. The van der Waals surface area contributed by atoms with E-state index in [1.54, 1.807) is 12.1 Å². The van der Waals surface area contributed by atoms with E-state index >= 15 is 0 Å². The van der Waals surface area contributed by atoms with Gasteiger partial charge in [-0.3, -0.25) is 4.79 Å². The van der Waals surface area contributed by atoms with Crippen molar-refractivity contribution in [3.8, 4) is 5.75 Å². The van der Waals surface area contributed by atoms with Crippen LogP contribution in [0.5, 0.6) is 5.75 Å². The fraction of sp³-hybridized carbons (Fsp3) is 0.211. The summed E-state index contributed by atoms with van der Waals surface area (Å²) < 4.78 is 66.9. The van der Waals surface area contributed by atoms with E-state index in [1.165, 1.54) is 30.0 Å². The molecule has 2 N–H and O–H groups in total. The number of halogens is 3. The summed E-state index contributed by atoms with van der Waals surface area (Å²) in [4.78, 5) is 11.7. The quantitative estimate of drug-likeness (QED) is 0.662. The first kappa shape index (κ1) is 22.4. The Bertz CT molecular complexity index is 1000. The molecule has 1 amide bonds. The minimum Gasteiger partial charge on any atom is -0.496 e. The molecule has 2 aromatic carbocycles. The van der Waals surface area contributed by atoms with Crippen LogP contribution in [0.25, 0.3) is 6.08 Å². The van der Waals surface area contributed by atoms with Gasteiger partial charge in [0, 0.05) is 17.3 Å². The maximum absolute atomic E-state index is 12.2. The number of ether oxygens (including phenoxy) is 1. The zero-order valence-corrected chi connectivity index (χ0v) is 16.4.